The van der Waals surface area contributed by atoms with Crippen molar-refractivity contribution in [2.45, 2.75) is 6.92 Å². The Morgan fingerprint density at radius 1 is 0.867 bits per heavy atom. The number of hydrogen-bond acceptors (Lipinski definition) is 8. The van der Waals surface area contributed by atoms with Crippen LogP contribution in [0.1, 0.15) is 7.12 Å². The van der Waals surface area contributed by atoms with E-state index in [0.29, 0.717) is 23.2 Å². The number of benzene rings is 1. The van der Waals surface area contributed by atoms with Gasteiger partial charge in [-0.15, -0.1) is 10.2 Å². The van der Waals surface area contributed by atoms with Crippen LogP contribution in [-0.4, -0.2) is 51.5 Å². The molecule has 0 bridgehead atoms. The molecule has 0 aliphatic carbocycles. The van der Waals surface area contributed by atoms with E-state index in [2.05, 4.69) is 25.1 Å². The number of pyridine rings is 1. The summed E-state index contributed by atoms with van der Waals surface area (Å²) in [4.78, 5) is 16.0. The number of hydrogen-bond donors (Lipinski definition) is 0. The Hall–Kier alpha value is -3.65. The lowest BCUT2D eigenvalue weighted by atomic mass is 10.2. The highest BCUT2D eigenvalue weighted by Gasteiger charge is 2.17. The summed E-state index contributed by atoms with van der Waals surface area (Å²) in [6.45, 7) is 5.03. The predicted molar refractivity (Wildman–Crippen MR) is 114 cm³/mol. The largest absolute Gasteiger partial charge is 0.415 e. The molecule has 1 aliphatic heterocycles. The van der Waals surface area contributed by atoms with Gasteiger partial charge < -0.3 is 14.1 Å². The highest BCUT2D eigenvalue weighted by atomic mass is 16.5. The fourth-order valence-corrected chi connectivity index (χ4v) is 3.32. The number of ether oxygens (including phenoxy) is 1. The van der Waals surface area contributed by atoms with Crippen LogP contribution in [0, 0.1) is 6.92 Å². The van der Waals surface area contributed by atoms with Gasteiger partial charge in [0.05, 0.1) is 30.8 Å². The van der Waals surface area contributed by atoms with Gasteiger partial charge in [-0.05, 0) is 31.2 Å². The summed E-state index contributed by atoms with van der Waals surface area (Å²) >= 11 is 0. The van der Waals surface area contributed by atoms with Gasteiger partial charge in [-0.1, -0.05) is 18.2 Å². The van der Waals surface area contributed by atoms with Crippen molar-refractivity contribution in [3.05, 3.63) is 60.6 Å². The average molecular weight is 402 g/mol. The molecule has 152 valence electrons. The van der Waals surface area contributed by atoms with E-state index in [0.717, 1.165) is 48.9 Å². The van der Waals surface area contributed by atoms with Crippen LogP contribution in [0.3, 0.4) is 0 Å². The van der Waals surface area contributed by atoms with Crippen molar-refractivity contribution in [1.29, 1.82) is 0 Å². The molecular weight excluding hydrogens is 380 g/mol. The first-order chi connectivity index (χ1) is 14.8. The molecule has 0 amide bonds. The van der Waals surface area contributed by atoms with Crippen molar-refractivity contribution in [2.75, 3.05) is 31.2 Å². The number of morpholine rings is 1. The van der Waals surface area contributed by atoms with Crippen molar-refractivity contribution in [2.24, 2.45) is 0 Å². The lowest BCUT2D eigenvalue weighted by molar-refractivity contribution is 0.122. The van der Waals surface area contributed by atoms with E-state index in [9.17, 15) is 0 Å². The summed E-state index contributed by atoms with van der Waals surface area (Å²) in [6, 6.07) is 13.7. The molecule has 8 nitrogen and oxygen atoms in total. The molecule has 5 rings (SSSR count). The van der Waals surface area contributed by atoms with Gasteiger partial charge >= 0.3 is 0 Å². The normalized spacial score (nSPS) is 14.1. The molecule has 1 saturated heterocycles. The zero-order valence-corrected chi connectivity index (χ0v) is 16.5. The van der Waals surface area contributed by atoms with Crippen LogP contribution in [0.15, 0.2) is 59.3 Å². The van der Waals surface area contributed by atoms with Crippen LogP contribution in [0.5, 0.6) is 0 Å². The highest BCUT2D eigenvalue weighted by molar-refractivity contribution is 5.64. The van der Waals surface area contributed by atoms with Crippen LogP contribution in [-0.2, 0) is 4.74 Å². The Morgan fingerprint density at radius 2 is 1.67 bits per heavy atom. The van der Waals surface area contributed by atoms with E-state index < -0.39 is 0 Å². The second kappa shape index (κ2) is 8.00. The molecule has 1 aliphatic rings. The van der Waals surface area contributed by atoms with E-state index in [-0.39, 0.29) is 1.43 Å². The summed E-state index contributed by atoms with van der Waals surface area (Å²) in [5, 5.41) is 8.34. The lowest BCUT2D eigenvalue weighted by Gasteiger charge is -2.27. The summed E-state index contributed by atoms with van der Waals surface area (Å²) in [5.41, 5.74) is 3.74. The Bertz CT molecular complexity index is 1140. The second-order valence-electron chi connectivity index (χ2n) is 6.97. The molecule has 1 aromatic carbocycles. The highest BCUT2D eigenvalue weighted by Crippen LogP contribution is 2.27. The molecular formula is C22H22N6O2. The summed E-state index contributed by atoms with van der Waals surface area (Å²) in [7, 11) is 0. The molecule has 4 heterocycles. The molecule has 4 aromatic rings. The van der Waals surface area contributed by atoms with E-state index in [1.54, 1.807) is 6.20 Å². The van der Waals surface area contributed by atoms with Gasteiger partial charge in [-0.2, -0.15) is 0 Å². The number of aromatic nitrogens is 5. The van der Waals surface area contributed by atoms with Gasteiger partial charge in [0, 0.05) is 31.8 Å². The van der Waals surface area contributed by atoms with Gasteiger partial charge in [-0.25, -0.2) is 9.97 Å². The Morgan fingerprint density at radius 3 is 2.43 bits per heavy atom. The zero-order chi connectivity index (χ0) is 20.3. The molecule has 1 fully saturated rings. The quantitative estimate of drug-likeness (QED) is 0.511. The average Bonchev–Trinajstić information content (AvgIpc) is 3.31. The van der Waals surface area contributed by atoms with E-state index in [1.165, 1.54) is 0 Å². The topological polar surface area (TPSA) is 90.1 Å². The zero-order valence-electron chi connectivity index (χ0n) is 16.5. The van der Waals surface area contributed by atoms with Crippen molar-refractivity contribution in [3.63, 3.8) is 0 Å². The molecule has 0 atom stereocenters. The lowest BCUT2D eigenvalue weighted by Crippen LogP contribution is -2.36. The van der Waals surface area contributed by atoms with Crippen LogP contribution in [0.4, 0.5) is 5.82 Å². The van der Waals surface area contributed by atoms with Gasteiger partial charge in [0.25, 0.3) is 5.89 Å². The van der Waals surface area contributed by atoms with E-state index in [4.69, 9.17) is 14.1 Å². The summed E-state index contributed by atoms with van der Waals surface area (Å²) in [6.07, 6.45) is 3.55. The van der Waals surface area contributed by atoms with Crippen molar-refractivity contribution in [1.82, 2.24) is 25.1 Å². The van der Waals surface area contributed by atoms with Crippen LogP contribution < -0.4 is 4.90 Å². The van der Waals surface area contributed by atoms with Crippen LogP contribution >= 0.6 is 0 Å². The first kappa shape index (κ1) is 18.4. The molecule has 8 heteroatoms. The third kappa shape index (κ3) is 3.65. The third-order valence-corrected chi connectivity index (χ3v) is 4.98. The van der Waals surface area contributed by atoms with Crippen LogP contribution in [0.2, 0.25) is 0 Å². The molecule has 30 heavy (non-hydrogen) atoms. The van der Waals surface area contributed by atoms with E-state index >= 15 is 0 Å². The van der Waals surface area contributed by atoms with Crippen molar-refractivity contribution >= 4 is 5.82 Å². The van der Waals surface area contributed by atoms with Gasteiger partial charge in [-0.3, -0.25) is 4.98 Å². The molecule has 0 spiro atoms. The maximum Gasteiger partial charge on any atom is 0.268 e. The van der Waals surface area contributed by atoms with Gasteiger partial charge in [0.15, 0.2) is 0 Å². The molecule has 0 unspecified atom stereocenters. The first-order valence-corrected chi connectivity index (χ1v) is 9.80. The number of rotatable bonds is 4. The SMILES string of the molecule is Cc1ncc(-c2ccc(N3CCOCC3)nc2)nc1-c1nnc(-c2ccccc2)o1.[HH]. The summed E-state index contributed by atoms with van der Waals surface area (Å²) < 4.78 is 11.3. The third-order valence-electron chi connectivity index (χ3n) is 4.98. The molecule has 0 radical (unpaired) electrons. The van der Waals surface area contributed by atoms with Gasteiger partial charge in [0.1, 0.15) is 11.5 Å². The Kier molecular flexibility index (Phi) is 4.90. The maximum atomic E-state index is 5.87. The molecule has 0 saturated carbocycles. The first-order valence-electron chi connectivity index (χ1n) is 9.80. The number of aryl methyl sites for hydroxylation is 1. The minimum Gasteiger partial charge on any atom is -0.415 e. The fraction of sp³-hybridized carbons (Fsp3) is 0.227. The van der Waals surface area contributed by atoms with E-state index in [1.807, 2.05) is 55.6 Å². The monoisotopic (exact) mass is 402 g/mol. The number of nitrogens with zero attached hydrogens (tertiary/aromatic N) is 6. The molecule has 3 aromatic heterocycles. The minimum absolute atomic E-state index is 0. The maximum absolute atomic E-state index is 5.87. The molecule has 0 N–H and O–H groups in total. The van der Waals surface area contributed by atoms with Gasteiger partial charge in [0.2, 0.25) is 5.89 Å². The Balaban J connectivity index is 0.00000231. The standard InChI is InChI=1S/C22H20N6O2.H2/c1-15-20(22-27-26-21(30-22)16-5-3-2-4-6-16)25-18(14-23-15)17-7-8-19(24-13-17)28-9-11-29-12-10-28;/h2-8,13-14H,9-12H2,1H3;1H. The van der Waals surface area contributed by atoms with Crippen molar-refractivity contribution < 1.29 is 10.6 Å². The predicted octanol–water partition coefficient (Wildman–Crippen LogP) is 3.65. The number of anilines is 1. The minimum atomic E-state index is 0. The van der Waals surface area contributed by atoms with Crippen LogP contribution in [0.25, 0.3) is 34.3 Å². The van der Waals surface area contributed by atoms with Crippen molar-refractivity contribution in [3.8, 4) is 34.3 Å². The second-order valence-corrected chi connectivity index (χ2v) is 6.97. The summed E-state index contributed by atoms with van der Waals surface area (Å²) in [5.74, 6) is 1.74. The fourth-order valence-electron chi connectivity index (χ4n) is 3.32. The Labute approximate surface area is 175 Å². The smallest absolute Gasteiger partial charge is 0.268 e.